The predicted octanol–water partition coefficient (Wildman–Crippen LogP) is 1.85. The molecule has 1 aromatic heterocycles. The van der Waals surface area contributed by atoms with Crippen molar-refractivity contribution in [1.82, 2.24) is 25.4 Å². The zero-order chi connectivity index (χ0) is 18.3. The normalized spacial score (nSPS) is 22.0. The highest BCUT2D eigenvalue weighted by Crippen LogP contribution is 2.33. The molecule has 1 aromatic rings. The smallest absolute Gasteiger partial charge is 0.191 e. The van der Waals surface area contributed by atoms with E-state index in [0.717, 1.165) is 50.9 Å². The summed E-state index contributed by atoms with van der Waals surface area (Å²) in [6, 6.07) is 0. The first kappa shape index (κ1) is 19.7. The number of guanidine groups is 1. The molecule has 2 N–H and O–H groups in total. The van der Waals surface area contributed by atoms with Crippen LogP contribution in [-0.4, -0.2) is 53.6 Å². The van der Waals surface area contributed by atoms with Crippen molar-refractivity contribution in [3.63, 3.8) is 0 Å². The first-order valence-electron chi connectivity index (χ1n) is 9.38. The number of hydrogen-bond donors (Lipinski definition) is 2. The fraction of sp³-hybridized carbons (Fsp3) is 0.833. The highest BCUT2D eigenvalue weighted by molar-refractivity contribution is 5.79. The molecule has 0 bridgehead atoms. The molecule has 0 spiro atoms. The van der Waals surface area contributed by atoms with E-state index in [1.165, 1.54) is 6.42 Å². The molecule has 0 aliphatic carbocycles. The summed E-state index contributed by atoms with van der Waals surface area (Å²) in [6.45, 7) is 12.2. The van der Waals surface area contributed by atoms with E-state index in [4.69, 9.17) is 4.74 Å². The molecule has 1 saturated heterocycles. The van der Waals surface area contributed by atoms with E-state index in [0.29, 0.717) is 5.92 Å². The average molecular weight is 351 g/mol. The second-order valence-electron chi connectivity index (χ2n) is 7.73. The Morgan fingerprint density at radius 1 is 1.40 bits per heavy atom. The van der Waals surface area contributed by atoms with Gasteiger partial charge in [-0.15, -0.1) is 10.2 Å². The maximum atomic E-state index is 6.06. The Kier molecular flexibility index (Phi) is 7.23. The van der Waals surface area contributed by atoms with Gasteiger partial charge in [-0.3, -0.25) is 4.99 Å². The molecule has 1 fully saturated rings. The minimum absolute atomic E-state index is 0.161. The summed E-state index contributed by atoms with van der Waals surface area (Å²) < 4.78 is 8.13. The number of aryl methyl sites for hydroxylation is 1. The molecule has 25 heavy (non-hydrogen) atoms. The zero-order valence-corrected chi connectivity index (χ0v) is 16.4. The summed E-state index contributed by atoms with van der Waals surface area (Å²) in [5.74, 6) is 2.36. The Bertz CT molecular complexity index is 548. The Balaban J connectivity index is 1.79. The van der Waals surface area contributed by atoms with Crippen molar-refractivity contribution in [2.45, 2.75) is 59.6 Å². The van der Waals surface area contributed by atoms with Crippen LogP contribution in [0.2, 0.25) is 0 Å². The molecular formula is C18H34N6O. The van der Waals surface area contributed by atoms with Crippen molar-refractivity contribution in [3.05, 3.63) is 12.2 Å². The van der Waals surface area contributed by atoms with Gasteiger partial charge in [0.2, 0.25) is 0 Å². The first-order chi connectivity index (χ1) is 12.0. The highest BCUT2D eigenvalue weighted by atomic mass is 16.5. The monoisotopic (exact) mass is 350 g/mol. The largest absolute Gasteiger partial charge is 0.377 e. The molecule has 7 nitrogen and oxygen atoms in total. The molecule has 1 aliphatic heterocycles. The van der Waals surface area contributed by atoms with Gasteiger partial charge in [0.25, 0.3) is 0 Å². The number of nitrogens with one attached hydrogen (secondary N) is 2. The molecule has 2 unspecified atom stereocenters. The van der Waals surface area contributed by atoms with Gasteiger partial charge in [0.15, 0.2) is 5.96 Å². The SMILES string of the molecule is CCc1nncn1CCNC(=NC)NCC1CCCOC1C(C)(C)C. The summed E-state index contributed by atoms with van der Waals surface area (Å²) in [5.41, 5.74) is 0.161. The molecule has 0 radical (unpaired) electrons. The second-order valence-corrected chi connectivity index (χ2v) is 7.73. The highest BCUT2D eigenvalue weighted by Gasteiger charge is 2.35. The molecule has 0 saturated carbocycles. The van der Waals surface area contributed by atoms with Crippen LogP contribution in [0.5, 0.6) is 0 Å². The summed E-state index contributed by atoms with van der Waals surface area (Å²) in [7, 11) is 1.81. The number of rotatable bonds is 6. The van der Waals surface area contributed by atoms with Crippen molar-refractivity contribution >= 4 is 5.96 Å². The van der Waals surface area contributed by atoms with Crippen LogP contribution in [0.1, 0.15) is 46.4 Å². The Hall–Kier alpha value is -1.63. The third kappa shape index (κ3) is 5.70. The summed E-state index contributed by atoms with van der Waals surface area (Å²) in [6.07, 6.45) is 5.30. The molecule has 0 aromatic carbocycles. The van der Waals surface area contributed by atoms with Crippen molar-refractivity contribution in [1.29, 1.82) is 0 Å². The maximum absolute atomic E-state index is 6.06. The van der Waals surface area contributed by atoms with Gasteiger partial charge in [0.1, 0.15) is 12.2 Å². The van der Waals surface area contributed by atoms with Gasteiger partial charge in [-0.25, -0.2) is 0 Å². The lowest BCUT2D eigenvalue weighted by Gasteiger charge is -2.40. The van der Waals surface area contributed by atoms with Crippen LogP contribution < -0.4 is 10.6 Å². The Morgan fingerprint density at radius 3 is 2.88 bits per heavy atom. The minimum atomic E-state index is 0.161. The van der Waals surface area contributed by atoms with Crippen LogP contribution in [0.15, 0.2) is 11.3 Å². The number of hydrogen-bond acceptors (Lipinski definition) is 4. The van der Waals surface area contributed by atoms with Gasteiger partial charge in [-0.2, -0.15) is 0 Å². The summed E-state index contributed by atoms with van der Waals surface area (Å²) >= 11 is 0. The van der Waals surface area contributed by atoms with Crippen molar-refractivity contribution in [2.75, 3.05) is 26.7 Å². The number of ether oxygens (including phenoxy) is 1. The molecule has 1 aliphatic rings. The maximum Gasteiger partial charge on any atom is 0.191 e. The number of nitrogens with zero attached hydrogens (tertiary/aromatic N) is 4. The van der Waals surface area contributed by atoms with Crippen LogP contribution in [0.3, 0.4) is 0 Å². The van der Waals surface area contributed by atoms with E-state index in [1.54, 1.807) is 6.33 Å². The standard InChI is InChI=1S/C18H34N6O/c1-6-15-23-22-13-24(15)10-9-20-17(19-5)21-12-14-8-7-11-25-16(14)18(2,3)4/h13-14,16H,6-12H2,1-5H3,(H2,19,20,21). The summed E-state index contributed by atoms with van der Waals surface area (Å²) in [5, 5.41) is 14.9. The molecule has 2 rings (SSSR count). The van der Waals surface area contributed by atoms with Gasteiger partial charge in [-0.05, 0) is 18.3 Å². The van der Waals surface area contributed by atoms with Crippen molar-refractivity contribution < 1.29 is 4.74 Å². The molecule has 142 valence electrons. The zero-order valence-electron chi connectivity index (χ0n) is 16.4. The predicted molar refractivity (Wildman–Crippen MR) is 101 cm³/mol. The van der Waals surface area contributed by atoms with Crippen molar-refractivity contribution in [3.8, 4) is 0 Å². The molecular weight excluding hydrogens is 316 g/mol. The quantitative estimate of drug-likeness (QED) is 0.605. The molecule has 7 heteroatoms. The molecule has 2 atom stereocenters. The first-order valence-corrected chi connectivity index (χ1v) is 9.38. The van der Waals surface area contributed by atoms with Crippen LogP contribution >= 0.6 is 0 Å². The minimum Gasteiger partial charge on any atom is -0.377 e. The lowest BCUT2D eigenvalue weighted by atomic mass is 9.78. The number of aromatic nitrogens is 3. The van der Waals surface area contributed by atoms with Gasteiger partial charge < -0.3 is 19.9 Å². The molecule has 0 amide bonds. The van der Waals surface area contributed by atoms with E-state index in [1.807, 2.05) is 7.05 Å². The lowest BCUT2D eigenvalue weighted by Crippen LogP contribution is -2.47. The number of aliphatic imine (C=N–C) groups is 1. The van der Waals surface area contributed by atoms with E-state index in [9.17, 15) is 0 Å². The van der Waals surface area contributed by atoms with E-state index in [2.05, 4.69) is 58.1 Å². The van der Waals surface area contributed by atoms with Crippen molar-refractivity contribution in [2.24, 2.45) is 16.3 Å². The topological polar surface area (TPSA) is 76.4 Å². The third-order valence-electron chi connectivity index (χ3n) is 4.71. The Labute approximate surface area is 151 Å². The van der Waals surface area contributed by atoms with Gasteiger partial charge in [0, 0.05) is 45.6 Å². The second kappa shape index (κ2) is 9.17. The van der Waals surface area contributed by atoms with Crippen LogP contribution in [0.4, 0.5) is 0 Å². The van der Waals surface area contributed by atoms with Gasteiger partial charge >= 0.3 is 0 Å². The molecule has 2 heterocycles. The lowest BCUT2D eigenvalue weighted by molar-refractivity contribution is -0.0835. The van der Waals surface area contributed by atoms with Gasteiger partial charge in [-0.1, -0.05) is 27.7 Å². The fourth-order valence-corrected chi connectivity index (χ4v) is 3.49. The third-order valence-corrected chi connectivity index (χ3v) is 4.71. The van der Waals surface area contributed by atoms with E-state index < -0.39 is 0 Å². The van der Waals surface area contributed by atoms with E-state index in [-0.39, 0.29) is 11.5 Å². The van der Waals surface area contributed by atoms with Crippen LogP contribution in [0, 0.1) is 11.3 Å². The summed E-state index contributed by atoms with van der Waals surface area (Å²) in [4.78, 5) is 4.33. The van der Waals surface area contributed by atoms with Crippen LogP contribution in [0.25, 0.3) is 0 Å². The van der Waals surface area contributed by atoms with Gasteiger partial charge in [0.05, 0.1) is 6.10 Å². The average Bonchev–Trinajstić information content (AvgIpc) is 3.04. The van der Waals surface area contributed by atoms with E-state index >= 15 is 0 Å². The van der Waals surface area contributed by atoms with Crippen LogP contribution in [-0.2, 0) is 17.7 Å². The fourth-order valence-electron chi connectivity index (χ4n) is 3.49. The Morgan fingerprint density at radius 2 is 2.20 bits per heavy atom.